The number of fused-ring (bicyclic) bond motifs is 16. The number of anilines is 6. The third kappa shape index (κ3) is 13.0. The van der Waals surface area contributed by atoms with Crippen LogP contribution in [-0.2, 0) is 37.9 Å². The summed E-state index contributed by atoms with van der Waals surface area (Å²) in [5.74, 6) is 0. The first kappa shape index (κ1) is 71.9. The monoisotopic (exact) mass is 1660 g/mol. The summed E-state index contributed by atoms with van der Waals surface area (Å²) >= 11 is 0. The molecule has 0 saturated heterocycles. The Morgan fingerprint density at radius 1 is 0.260 bits per heavy atom. The van der Waals surface area contributed by atoms with E-state index < -0.39 is 60.5 Å². The average molecular weight is 1660 g/mol. The SMILES string of the molecule is [2H]c1c([2H])c([2H])c2c(c1[2H])c1c([2H])c([2H])c([2H])c([2H])c1n2-c1cc2c3c(c1)N(c1c(-c4ccccc4)cc(C(C)(C)C)cc1-c1ccccc1)c1cc(-n4c5ccc(C(C)(C)C)cc5c5cc(C(C)(C)C)ccc54)ccc1B3c1ccc(-n3c4ccc(C(C)(C)C)cc4c4cc(C(C)(C)C)ccc43)cc1N2c1ccc(C#N)c(-n2c3cc(C(C)(C)C)ccc3c3ccc(C(C)(C)C)cc32)c1. The van der Waals surface area contributed by atoms with E-state index >= 15 is 0 Å². The van der Waals surface area contributed by atoms with Gasteiger partial charge in [0.1, 0.15) is 6.07 Å². The van der Waals surface area contributed by atoms with Crippen molar-refractivity contribution in [2.24, 2.45) is 0 Å². The third-order valence-electron chi connectivity index (χ3n) is 27.3. The lowest BCUT2D eigenvalue weighted by Crippen LogP contribution is -2.61. The minimum Gasteiger partial charge on any atom is -0.311 e. The highest BCUT2D eigenvalue weighted by molar-refractivity contribution is 7.00. The number of nitrogens with zero attached hydrogens (tertiary/aromatic N) is 7. The molecule has 0 saturated carbocycles. The fourth-order valence-electron chi connectivity index (χ4n) is 20.2. The highest BCUT2D eigenvalue weighted by Crippen LogP contribution is 2.55. The Labute approximate surface area is 760 Å². The van der Waals surface area contributed by atoms with Gasteiger partial charge in [0.2, 0.25) is 0 Å². The van der Waals surface area contributed by atoms with Crippen LogP contribution < -0.4 is 26.2 Å². The van der Waals surface area contributed by atoms with E-state index in [0.717, 1.165) is 149 Å². The van der Waals surface area contributed by atoms with Gasteiger partial charge in [0.25, 0.3) is 6.71 Å². The first-order valence-corrected chi connectivity index (χ1v) is 44.9. The standard InChI is InChI=1S/C119H112BN7/c1-113(2,3)75-43-54-100-92(58-75)93-59-76(114(4,5)6)44-55-101(93)122(100)83-48-52-96-107(67-83)124(82-47-40-74(71-121)104(66-82)126-105-64-79(117(13,14)15)41-50-88(105)89-51-42-80(65-106(89)126)118(16,17)18)109-69-85(125-98-38-30-28-36-86(98)87-37-29-31-39-99(87)125)70-110-111(109)120(96)97-53-49-84(123-102-56-45-77(115(7,8)9)60-94(102)95-61-78(116(10,11)12)46-57-103(95)123)68-108(97)127(110)112-90(72-32-24-22-25-33-72)62-81(119(19,20)21)63-91(112)73-34-26-23-27-35-73/h22-70H,1-21H3/i28D,29D,30D,31D,36D,37D,38D,39D. The van der Waals surface area contributed by atoms with Crippen molar-refractivity contribution in [1.29, 1.82) is 5.26 Å². The maximum atomic E-state index is 12.1. The van der Waals surface area contributed by atoms with Crippen LogP contribution in [-0.4, -0.2) is 25.0 Å². The van der Waals surface area contributed by atoms with Crippen molar-refractivity contribution < 1.29 is 11.0 Å². The smallest absolute Gasteiger partial charge is 0.252 e. The Balaban J connectivity index is 0.987. The lowest BCUT2D eigenvalue weighted by molar-refractivity contribution is 0.590. The summed E-state index contributed by atoms with van der Waals surface area (Å²) in [5.41, 5.74) is 26.8. The summed E-state index contributed by atoms with van der Waals surface area (Å²) in [6, 6.07) is 90.8. The fourth-order valence-corrected chi connectivity index (χ4v) is 20.2. The number of hydrogen-bond acceptors (Lipinski definition) is 3. The van der Waals surface area contributed by atoms with Gasteiger partial charge in [-0.25, -0.2) is 0 Å². The first-order valence-electron chi connectivity index (χ1n) is 48.9. The predicted octanol–water partition coefficient (Wildman–Crippen LogP) is 30.4. The van der Waals surface area contributed by atoms with Gasteiger partial charge in [0, 0.05) is 94.0 Å². The van der Waals surface area contributed by atoms with E-state index in [9.17, 15) is 16.2 Å². The van der Waals surface area contributed by atoms with Crippen LogP contribution in [0.2, 0.25) is 0 Å². The second-order valence-corrected chi connectivity index (χ2v) is 42.9. The van der Waals surface area contributed by atoms with Gasteiger partial charge in [-0.3, -0.25) is 0 Å². The minimum atomic E-state index is -0.628. The zero-order valence-electron chi connectivity index (χ0n) is 84.9. The van der Waals surface area contributed by atoms with Gasteiger partial charge in [-0.1, -0.05) is 303 Å². The molecule has 4 aromatic heterocycles. The quantitative estimate of drug-likeness (QED) is 0.142. The van der Waals surface area contributed by atoms with E-state index in [-0.39, 0.29) is 54.3 Å². The molecule has 0 fully saturated rings. The van der Waals surface area contributed by atoms with Crippen LogP contribution in [0.4, 0.5) is 34.1 Å². The van der Waals surface area contributed by atoms with Crippen molar-refractivity contribution in [3.63, 3.8) is 0 Å². The summed E-state index contributed by atoms with van der Waals surface area (Å²) in [7, 11) is 0. The van der Waals surface area contributed by atoms with Crippen LogP contribution in [0.1, 0.15) is 201 Å². The van der Waals surface area contributed by atoms with Crippen LogP contribution in [0.25, 0.3) is 132 Å². The number of nitriles is 1. The molecule has 7 nitrogen and oxygen atoms in total. The Morgan fingerprint density at radius 3 is 0.992 bits per heavy atom. The van der Waals surface area contributed by atoms with Gasteiger partial charge in [-0.2, -0.15) is 5.26 Å². The summed E-state index contributed by atoms with van der Waals surface area (Å²) in [5, 5.41) is 18.6. The first-order chi connectivity index (χ1) is 63.7. The number of benzene rings is 15. The molecule has 626 valence electrons. The second kappa shape index (κ2) is 28.3. The zero-order chi connectivity index (χ0) is 95.5. The van der Waals surface area contributed by atoms with Crippen molar-refractivity contribution >= 4 is 144 Å². The minimum absolute atomic E-state index is 0.0197. The van der Waals surface area contributed by atoms with Crippen molar-refractivity contribution in [3.05, 3.63) is 342 Å². The van der Waals surface area contributed by atoms with E-state index in [1.807, 2.05) is 6.07 Å². The molecule has 8 heteroatoms. The van der Waals surface area contributed by atoms with Crippen molar-refractivity contribution in [3.8, 4) is 51.1 Å². The Bertz CT molecular complexity index is 8050. The molecule has 0 N–H and O–H groups in total. The Morgan fingerprint density at radius 2 is 0.598 bits per heavy atom. The van der Waals surface area contributed by atoms with Gasteiger partial charge in [0.05, 0.1) is 77.7 Å². The van der Waals surface area contributed by atoms with Gasteiger partial charge in [-0.05, 0) is 244 Å². The molecule has 127 heavy (non-hydrogen) atoms. The molecular formula is C119H112BN7. The summed E-state index contributed by atoms with van der Waals surface area (Å²) in [6.45, 7) is 46.9. The lowest BCUT2D eigenvalue weighted by Gasteiger charge is -2.45. The second-order valence-electron chi connectivity index (χ2n) is 42.9. The highest BCUT2D eigenvalue weighted by Gasteiger charge is 2.46. The van der Waals surface area contributed by atoms with Gasteiger partial charge in [-0.15, -0.1) is 0 Å². The molecule has 15 aromatic carbocycles. The molecule has 0 spiro atoms. The van der Waals surface area contributed by atoms with Crippen molar-refractivity contribution in [2.75, 3.05) is 9.80 Å². The van der Waals surface area contributed by atoms with E-state index in [1.54, 1.807) is 4.57 Å². The topological polar surface area (TPSA) is 50.0 Å². The van der Waals surface area contributed by atoms with E-state index in [0.29, 0.717) is 34.0 Å². The normalized spacial score (nSPS) is 14.4. The van der Waals surface area contributed by atoms with Crippen LogP contribution >= 0.6 is 0 Å². The number of para-hydroxylation sites is 2. The van der Waals surface area contributed by atoms with Gasteiger partial charge in [0.15, 0.2) is 0 Å². The van der Waals surface area contributed by atoms with Crippen LogP contribution in [0, 0.1) is 11.3 Å². The van der Waals surface area contributed by atoms with Crippen LogP contribution in [0.15, 0.2) is 297 Å². The van der Waals surface area contributed by atoms with Gasteiger partial charge < -0.3 is 28.1 Å². The highest BCUT2D eigenvalue weighted by atomic mass is 15.2. The maximum absolute atomic E-state index is 12.1. The zero-order valence-corrected chi connectivity index (χ0v) is 76.9. The molecule has 2 aliphatic rings. The van der Waals surface area contributed by atoms with Crippen molar-refractivity contribution in [1.82, 2.24) is 18.3 Å². The molecule has 0 amide bonds. The van der Waals surface area contributed by atoms with Crippen LogP contribution in [0.5, 0.6) is 0 Å². The Kier molecular flexibility index (Phi) is 16.0. The molecular weight excluding hydrogens is 1540 g/mol. The molecule has 19 aromatic rings. The summed E-state index contributed by atoms with van der Waals surface area (Å²) < 4.78 is 88.4. The largest absolute Gasteiger partial charge is 0.311 e. The van der Waals surface area contributed by atoms with E-state index in [1.165, 1.54) is 22.3 Å². The maximum Gasteiger partial charge on any atom is 0.252 e. The van der Waals surface area contributed by atoms with Crippen molar-refractivity contribution in [2.45, 2.75) is 183 Å². The van der Waals surface area contributed by atoms with Gasteiger partial charge >= 0.3 is 0 Å². The molecule has 21 rings (SSSR count). The average Bonchev–Trinajstić information content (AvgIpc) is 1.65. The Hall–Kier alpha value is -13.3. The summed E-state index contributed by atoms with van der Waals surface area (Å²) in [4.78, 5) is 4.82. The number of rotatable bonds is 8. The number of aromatic nitrogens is 4. The molecule has 6 heterocycles. The molecule has 0 bridgehead atoms. The molecule has 0 radical (unpaired) electrons. The molecule has 0 aliphatic carbocycles. The molecule has 0 unspecified atom stereocenters. The predicted molar refractivity (Wildman–Crippen MR) is 544 cm³/mol. The lowest BCUT2D eigenvalue weighted by atomic mass is 9.33. The van der Waals surface area contributed by atoms with Crippen LogP contribution in [0.3, 0.4) is 0 Å². The number of hydrogen-bond donors (Lipinski definition) is 0. The molecule has 0 atom stereocenters. The van der Waals surface area contributed by atoms with E-state index in [2.05, 4.69) is 418 Å². The summed E-state index contributed by atoms with van der Waals surface area (Å²) in [6.07, 6.45) is 0. The molecule has 2 aliphatic heterocycles. The fraction of sp³-hybridized carbons (Fsp3) is 0.235. The van der Waals surface area contributed by atoms with E-state index in [4.69, 9.17) is 0 Å². The third-order valence-corrected chi connectivity index (χ3v) is 27.3.